The molecule has 0 spiro atoms. The number of nitrogens with zero attached hydrogens (tertiary/aromatic N) is 4. The molecule has 160 valence electrons. The lowest BCUT2D eigenvalue weighted by atomic mass is 10.2. The number of likely N-dealkylation sites (tertiary alicyclic amines) is 1. The molecule has 8 nitrogen and oxygen atoms in total. The van der Waals surface area contributed by atoms with Crippen molar-refractivity contribution in [3.05, 3.63) is 60.3 Å². The molecule has 31 heavy (non-hydrogen) atoms. The fraction of sp³-hybridized carbons (Fsp3) is 0.304. The summed E-state index contributed by atoms with van der Waals surface area (Å²) in [6.07, 6.45) is 5.79. The van der Waals surface area contributed by atoms with Crippen LogP contribution in [-0.4, -0.2) is 56.9 Å². The van der Waals surface area contributed by atoms with Crippen LogP contribution in [0, 0.1) is 0 Å². The first-order valence-electron chi connectivity index (χ1n) is 10.4. The smallest absolute Gasteiger partial charge is 0.155 e. The number of aliphatic hydroxyl groups is 1. The molecule has 0 aliphatic carbocycles. The fourth-order valence-corrected chi connectivity index (χ4v) is 4.19. The highest BCUT2D eigenvalue weighted by molar-refractivity contribution is 5.80. The lowest BCUT2D eigenvalue weighted by Gasteiger charge is -2.22. The van der Waals surface area contributed by atoms with Crippen molar-refractivity contribution in [3.63, 3.8) is 0 Å². The fourth-order valence-electron chi connectivity index (χ4n) is 4.19. The van der Waals surface area contributed by atoms with Crippen LogP contribution in [0.25, 0.3) is 27.9 Å². The Morgan fingerprint density at radius 2 is 2.16 bits per heavy atom. The van der Waals surface area contributed by atoms with Crippen LogP contribution in [0.2, 0.25) is 0 Å². The van der Waals surface area contributed by atoms with Gasteiger partial charge in [0.1, 0.15) is 29.0 Å². The summed E-state index contributed by atoms with van der Waals surface area (Å²) < 4.78 is 13.9. The van der Waals surface area contributed by atoms with E-state index in [0.29, 0.717) is 40.1 Å². The Morgan fingerprint density at radius 1 is 1.23 bits per heavy atom. The molecular weight excluding hydrogens is 396 g/mol. The summed E-state index contributed by atoms with van der Waals surface area (Å²) in [4.78, 5) is 6.70. The van der Waals surface area contributed by atoms with Crippen molar-refractivity contribution in [2.75, 3.05) is 26.3 Å². The topological polar surface area (TPSA) is 95.7 Å². The summed E-state index contributed by atoms with van der Waals surface area (Å²) in [6.45, 7) is 2.46. The highest BCUT2D eigenvalue weighted by atomic mass is 16.5. The van der Waals surface area contributed by atoms with Crippen molar-refractivity contribution in [1.29, 1.82) is 0 Å². The first-order chi connectivity index (χ1) is 15.2. The second-order valence-corrected chi connectivity index (χ2v) is 7.73. The van der Waals surface area contributed by atoms with E-state index in [9.17, 15) is 10.3 Å². The second-order valence-electron chi connectivity index (χ2n) is 7.73. The van der Waals surface area contributed by atoms with Gasteiger partial charge in [0.25, 0.3) is 0 Å². The Labute approximate surface area is 178 Å². The van der Waals surface area contributed by atoms with Crippen molar-refractivity contribution < 1.29 is 19.5 Å². The third kappa shape index (κ3) is 3.87. The summed E-state index contributed by atoms with van der Waals surface area (Å²) in [5.41, 5.74) is 2.23. The highest BCUT2D eigenvalue weighted by Gasteiger charge is 2.23. The number of benzene rings is 1. The molecule has 0 amide bonds. The predicted molar refractivity (Wildman–Crippen MR) is 115 cm³/mol. The molecule has 4 heterocycles. The van der Waals surface area contributed by atoms with E-state index in [1.54, 1.807) is 12.4 Å². The largest absolute Gasteiger partial charge is 0.492 e. The lowest BCUT2D eigenvalue weighted by molar-refractivity contribution is 0.139. The van der Waals surface area contributed by atoms with Gasteiger partial charge in [0.2, 0.25) is 0 Å². The summed E-state index contributed by atoms with van der Waals surface area (Å²) in [5.74, 6) is 1.19. The van der Waals surface area contributed by atoms with Crippen LogP contribution >= 0.6 is 0 Å². The van der Waals surface area contributed by atoms with Crippen molar-refractivity contribution >= 4 is 16.5 Å². The van der Waals surface area contributed by atoms with E-state index in [-0.39, 0.29) is 12.6 Å². The molecule has 0 bridgehead atoms. The van der Waals surface area contributed by atoms with Crippen molar-refractivity contribution in [2.24, 2.45) is 5.16 Å². The Balaban J connectivity index is 1.39. The maximum absolute atomic E-state index is 9.60. The molecule has 3 aromatic heterocycles. The van der Waals surface area contributed by atoms with E-state index in [4.69, 9.17) is 9.15 Å². The van der Waals surface area contributed by atoms with Crippen LogP contribution in [0.3, 0.4) is 0 Å². The molecule has 0 unspecified atom stereocenters. The van der Waals surface area contributed by atoms with E-state index in [1.807, 2.05) is 47.0 Å². The molecule has 4 aromatic rings. The monoisotopic (exact) mass is 420 g/mol. The van der Waals surface area contributed by atoms with Gasteiger partial charge in [0.05, 0.1) is 18.3 Å². The Hall–Kier alpha value is -3.36. The van der Waals surface area contributed by atoms with Crippen LogP contribution in [-0.2, 0) is 0 Å². The molecule has 8 heteroatoms. The third-order valence-electron chi connectivity index (χ3n) is 5.85. The standard InChI is InChI=1S/C23H24N4O4/c28-14-17-4-2-7-26(17)9-10-30-18-5-6-22-19(12-18)20(25-29)13-23(31-22)21-11-16-3-1-8-27(16)15-24-21/h1,3,5-6,8,11-13,15,17,28-29H,2,4,7,9-10,14H2/b25-20+/t17-/m0/s1. The van der Waals surface area contributed by atoms with Gasteiger partial charge in [-0.2, -0.15) is 0 Å². The maximum atomic E-state index is 9.60. The van der Waals surface area contributed by atoms with Crippen LogP contribution in [0.5, 0.6) is 5.75 Å². The maximum Gasteiger partial charge on any atom is 0.155 e. The number of ether oxygens (including phenoxy) is 1. The molecule has 5 rings (SSSR count). The van der Waals surface area contributed by atoms with Crippen molar-refractivity contribution in [3.8, 4) is 17.2 Å². The zero-order valence-electron chi connectivity index (χ0n) is 17.0. The third-order valence-corrected chi connectivity index (χ3v) is 5.85. The highest BCUT2D eigenvalue weighted by Crippen LogP contribution is 2.25. The van der Waals surface area contributed by atoms with Gasteiger partial charge in [-0.15, -0.1) is 0 Å². The van der Waals surface area contributed by atoms with Crippen molar-refractivity contribution in [1.82, 2.24) is 14.3 Å². The van der Waals surface area contributed by atoms with Crippen LogP contribution in [0.1, 0.15) is 12.8 Å². The molecule has 2 N–H and O–H groups in total. The minimum absolute atomic E-state index is 0.188. The quantitative estimate of drug-likeness (QED) is 0.368. The van der Waals surface area contributed by atoms with Gasteiger partial charge in [-0.3, -0.25) is 4.90 Å². The van der Waals surface area contributed by atoms with E-state index >= 15 is 0 Å². The molecule has 0 saturated carbocycles. The summed E-state index contributed by atoms with van der Waals surface area (Å²) in [7, 11) is 0. The van der Waals surface area contributed by atoms with Crippen LogP contribution in [0.15, 0.2) is 64.6 Å². The molecule has 1 fully saturated rings. The van der Waals surface area contributed by atoms with Crippen LogP contribution in [0.4, 0.5) is 0 Å². The van der Waals surface area contributed by atoms with Gasteiger partial charge < -0.3 is 23.9 Å². The molecule has 1 saturated heterocycles. The Kier molecular flexibility index (Phi) is 5.31. The Morgan fingerprint density at radius 3 is 3.03 bits per heavy atom. The van der Waals surface area contributed by atoms with Gasteiger partial charge in [-0.05, 0) is 55.8 Å². The average Bonchev–Trinajstić information content (AvgIpc) is 3.46. The molecule has 1 aliphatic heterocycles. The number of rotatable bonds is 6. The van der Waals surface area contributed by atoms with E-state index in [0.717, 1.165) is 31.4 Å². The first-order valence-corrected chi connectivity index (χ1v) is 10.4. The average molecular weight is 420 g/mol. The van der Waals surface area contributed by atoms with E-state index in [1.165, 1.54) is 0 Å². The molecule has 1 aliphatic rings. The molecule has 1 atom stereocenters. The van der Waals surface area contributed by atoms with Gasteiger partial charge in [-0.25, -0.2) is 4.98 Å². The molecular formula is C23H24N4O4. The Bertz CT molecular complexity index is 1280. The van der Waals surface area contributed by atoms with Gasteiger partial charge >= 0.3 is 0 Å². The molecule has 0 radical (unpaired) electrons. The van der Waals surface area contributed by atoms with Gasteiger partial charge in [0.15, 0.2) is 5.76 Å². The number of fused-ring (bicyclic) bond motifs is 2. The number of hydrogen-bond acceptors (Lipinski definition) is 7. The zero-order chi connectivity index (χ0) is 21.2. The van der Waals surface area contributed by atoms with E-state index in [2.05, 4.69) is 15.0 Å². The zero-order valence-corrected chi connectivity index (χ0v) is 17.0. The number of aliphatic hydroxyl groups excluding tert-OH is 1. The van der Waals surface area contributed by atoms with Crippen molar-refractivity contribution in [2.45, 2.75) is 18.9 Å². The summed E-state index contributed by atoms with van der Waals surface area (Å²) >= 11 is 0. The van der Waals surface area contributed by atoms with Gasteiger partial charge in [0, 0.05) is 30.4 Å². The summed E-state index contributed by atoms with van der Waals surface area (Å²) in [5, 5.41) is 23.5. The predicted octanol–water partition coefficient (Wildman–Crippen LogP) is 2.87. The second kappa shape index (κ2) is 8.41. The van der Waals surface area contributed by atoms with Crippen LogP contribution < -0.4 is 10.1 Å². The first kappa shape index (κ1) is 19.6. The molecule has 1 aromatic carbocycles. The van der Waals surface area contributed by atoms with E-state index < -0.39 is 0 Å². The lowest BCUT2D eigenvalue weighted by Crippen LogP contribution is -2.35. The minimum atomic E-state index is 0.188. The number of aromatic nitrogens is 2. The normalized spacial score (nSPS) is 17.7. The minimum Gasteiger partial charge on any atom is -0.492 e. The summed E-state index contributed by atoms with van der Waals surface area (Å²) in [6, 6.07) is 13.2. The SMILES string of the molecule is OC[C@@H]1CCCN1CCOc1ccc2oc(-c3cc4cccn4cn3)c/c(=N\O)c2c1. The van der Waals surface area contributed by atoms with Gasteiger partial charge in [-0.1, -0.05) is 5.16 Å². The number of hydrogen-bond donors (Lipinski definition) is 2.